The molecule has 5 heteroatoms. The average molecular weight is 244 g/mol. The van der Waals surface area contributed by atoms with Gasteiger partial charge in [-0.05, 0) is 48.6 Å². The molecule has 0 aliphatic rings. The van der Waals surface area contributed by atoms with Gasteiger partial charge in [0.05, 0.1) is 4.88 Å². The van der Waals surface area contributed by atoms with Crippen LogP contribution in [0.25, 0.3) is 16.3 Å². The molecule has 17 heavy (non-hydrogen) atoms. The van der Waals surface area contributed by atoms with Crippen molar-refractivity contribution in [1.82, 2.24) is 14.6 Å². The zero-order chi connectivity index (χ0) is 12.0. The van der Waals surface area contributed by atoms with Gasteiger partial charge in [-0.1, -0.05) is 0 Å². The summed E-state index contributed by atoms with van der Waals surface area (Å²) in [4.78, 5) is 5.62. The van der Waals surface area contributed by atoms with Crippen LogP contribution in [0.4, 0.5) is 5.82 Å². The highest BCUT2D eigenvalue weighted by Crippen LogP contribution is 2.27. The zero-order valence-electron chi connectivity index (χ0n) is 9.64. The molecule has 4 nitrogen and oxygen atoms in total. The van der Waals surface area contributed by atoms with E-state index >= 15 is 0 Å². The summed E-state index contributed by atoms with van der Waals surface area (Å²) in [6.45, 7) is 4.06. The Hall–Kier alpha value is -1.88. The summed E-state index contributed by atoms with van der Waals surface area (Å²) >= 11 is 1.65. The van der Waals surface area contributed by atoms with E-state index in [0.717, 1.165) is 21.9 Å². The van der Waals surface area contributed by atoms with Crippen LogP contribution in [0.5, 0.6) is 0 Å². The zero-order valence-corrected chi connectivity index (χ0v) is 10.5. The molecule has 3 rings (SSSR count). The maximum absolute atomic E-state index is 5.93. The lowest BCUT2D eigenvalue weighted by atomic mass is 10.3. The topological polar surface area (TPSA) is 56.2 Å². The Morgan fingerprint density at radius 1 is 1.29 bits per heavy atom. The summed E-state index contributed by atoms with van der Waals surface area (Å²) in [5, 5.41) is 6.49. The highest BCUT2D eigenvalue weighted by molar-refractivity contribution is 7.13. The molecule has 0 unspecified atom stereocenters. The van der Waals surface area contributed by atoms with E-state index in [1.807, 2.05) is 24.4 Å². The van der Waals surface area contributed by atoms with Gasteiger partial charge in [0.25, 0.3) is 0 Å². The number of hydrogen-bond donors (Lipinski definition) is 1. The summed E-state index contributed by atoms with van der Waals surface area (Å²) in [6, 6.07) is 5.95. The summed E-state index contributed by atoms with van der Waals surface area (Å²) in [6.07, 6.45) is 0. The summed E-state index contributed by atoms with van der Waals surface area (Å²) in [5.41, 5.74) is 9.01. The number of pyridine rings is 1. The van der Waals surface area contributed by atoms with E-state index in [0.29, 0.717) is 5.82 Å². The molecule has 3 heterocycles. The maximum Gasteiger partial charge on any atom is 0.192 e. The molecule has 0 amide bonds. The molecule has 0 radical (unpaired) electrons. The van der Waals surface area contributed by atoms with Crippen molar-refractivity contribution in [1.29, 1.82) is 0 Å². The van der Waals surface area contributed by atoms with Gasteiger partial charge in [-0.15, -0.1) is 16.4 Å². The van der Waals surface area contributed by atoms with E-state index in [1.165, 1.54) is 5.56 Å². The molecule has 0 aliphatic carbocycles. The first-order valence-electron chi connectivity index (χ1n) is 5.32. The second-order valence-electron chi connectivity index (χ2n) is 4.10. The molecule has 2 N–H and O–H groups in total. The lowest BCUT2D eigenvalue weighted by Crippen LogP contribution is -1.98. The molecule has 0 saturated carbocycles. The molecule has 3 aromatic heterocycles. The molecule has 3 aromatic rings. The quantitative estimate of drug-likeness (QED) is 0.716. The Kier molecular flexibility index (Phi) is 2.16. The number of hydrogen-bond acceptors (Lipinski definition) is 4. The van der Waals surface area contributed by atoms with Crippen molar-refractivity contribution in [3.05, 3.63) is 34.7 Å². The molecule has 0 aliphatic heterocycles. The van der Waals surface area contributed by atoms with Crippen LogP contribution in [0.2, 0.25) is 0 Å². The van der Waals surface area contributed by atoms with Crippen LogP contribution in [0.15, 0.2) is 23.6 Å². The standard InChI is InChI=1S/C12H12N4S/c1-7-5-9(13)16-10(6-7)14-12(15-16)11-8(2)3-4-17-11/h3-6H,13H2,1-2H3. The number of aryl methyl sites for hydroxylation is 2. The van der Waals surface area contributed by atoms with Crippen molar-refractivity contribution in [2.45, 2.75) is 13.8 Å². The number of rotatable bonds is 1. The van der Waals surface area contributed by atoms with E-state index in [2.05, 4.69) is 23.1 Å². The average Bonchev–Trinajstić information content (AvgIpc) is 2.83. The fraction of sp³-hybridized carbons (Fsp3) is 0.167. The van der Waals surface area contributed by atoms with Crippen LogP contribution in [0.1, 0.15) is 11.1 Å². The molecule has 0 bridgehead atoms. The fourth-order valence-electron chi connectivity index (χ4n) is 1.85. The number of aromatic nitrogens is 3. The second kappa shape index (κ2) is 3.56. The van der Waals surface area contributed by atoms with Gasteiger partial charge in [-0.3, -0.25) is 0 Å². The third-order valence-corrected chi connectivity index (χ3v) is 3.69. The maximum atomic E-state index is 5.93. The van der Waals surface area contributed by atoms with Crippen LogP contribution in [0.3, 0.4) is 0 Å². The third kappa shape index (κ3) is 1.59. The second-order valence-corrected chi connectivity index (χ2v) is 5.01. The van der Waals surface area contributed by atoms with E-state index < -0.39 is 0 Å². The molecule has 0 atom stereocenters. The van der Waals surface area contributed by atoms with Gasteiger partial charge in [0.15, 0.2) is 11.5 Å². The molecule has 0 aromatic carbocycles. The minimum absolute atomic E-state index is 0.618. The van der Waals surface area contributed by atoms with Gasteiger partial charge in [0, 0.05) is 0 Å². The van der Waals surface area contributed by atoms with E-state index in [9.17, 15) is 0 Å². The van der Waals surface area contributed by atoms with Crippen molar-refractivity contribution in [3.8, 4) is 10.7 Å². The van der Waals surface area contributed by atoms with Crippen molar-refractivity contribution in [3.63, 3.8) is 0 Å². The van der Waals surface area contributed by atoms with Crippen molar-refractivity contribution in [2.75, 3.05) is 5.73 Å². The number of fused-ring (bicyclic) bond motifs is 1. The number of nitrogen functional groups attached to an aromatic ring is 1. The van der Waals surface area contributed by atoms with Crippen LogP contribution in [-0.2, 0) is 0 Å². The summed E-state index contributed by atoms with van der Waals surface area (Å²) in [7, 11) is 0. The van der Waals surface area contributed by atoms with Crippen molar-refractivity contribution < 1.29 is 0 Å². The minimum atomic E-state index is 0.618. The van der Waals surface area contributed by atoms with Crippen LogP contribution in [0, 0.1) is 13.8 Å². The van der Waals surface area contributed by atoms with Crippen molar-refractivity contribution in [2.24, 2.45) is 0 Å². The van der Waals surface area contributed by atoms with Gasteiger partial charge in [-0.2, -0.15) is 4.52 Å². The van der Waals surface area contributed by atoms with Crippen molar-refractivity contribution >= 4 is 22.8 Å². The predicted octanol–water partition coefficient (Wildman–Crippen LogP) is 2.66. The smallest absolute Gasteiger partial charge is 0.192 e. The van der Waals surface area contributed by atoms with E-state index in [4.69, 9.17) is 5.73 Å². The first-order chi connectivity index (χ1) is 8.15. The Morgan fingerprint density at radius 2 is 2.12 bits per heavy atom. The molecule has 0 fully saturated rings. The van der Waals surface area contributed by atoms with Crippen LogP contribution < -0.4 is 5.73 Å². The van der Waals surface area contributed by atoms with E-state index in [1.54, 1.807) is 15.9 Å². The number of anilines is 1. The van der Waals surface area contributed by atoms with Gasteiger partial charge in [0.2, 0.25) is 0 Å². The fourth-order valence-corrected chi connectivity index (χ4v) is 2.70. The Bertz CT molecular complexity index is 696. The molecule has 0 spiro atoms. The molecule has 86 valence electrons. The summed E-state index contributed by atoms with van der Waals surface area (Å²) < 4.78 is 1.68. The number of thiophene rings is 1. The van der Waals surface area contributed by atoms with Gasteiger partial charge < -0.3 is 5.73 Å². The lowest BCUT2D eigenvalue weighted by molar-refractivity contribution is 0.976. The minimum Gasteiger partial charge on any atom is -0.384 e. The van der Waals surface area contributed by atoms with Crippen LogP contribution in [-0.4, -0.2) is 14.6 Å². The largest absolute Gasteiger partial charge is 0.384 e. The molecular formula is C12H12N4S. The molecular weight excluding hydrogens is 232 g/mol. The van der Waals surface area contributed by atoms with Crippen LogP contribution >= 0.6 is 11.3 Å². The predicted molar refractivity (Wildman–Crippen MR) is 70.2 cm³/mol. The first-order valence-corrected chi connectivity index (χ1v) is 6.20. The van der Waals surface area contributed by atoms with Gasteiger partial charge >= 0.3 is 0 Å². The highest BCUT2D eigenvalue weighted by atomic mass is 32.1. The van der Waals surface area contributed by atoms with Gasteiger partial charge in [0.1, 0.15) is 5.82 Å². The first kappa shape index (κ1) is 10.3. The Balaban J connectivity index is 2.27. The Labute approximate surface area is 103 Å². The van der Waals surface area contributed by atoms with E-state index in [-0.39, 0.29) is 0 Å². The Morgan fingerprint density at radius 3 is 2.82 bits per heavy atom. The SMILES string of the molecule is Cc1cc(N)n2nc(-c3sccc3C)nc2c1. The number of nitrogens with zero attached hydrogens (tertiary/aromatic N) is 3. The normalized spacial score (nSPS) is 11.2. The third-order valence-electron chi connectivity index (χ3n) is 2.67. The highest BCUT2D eigenvalue weighted by Gasteiger charge is 2.11. The number of nitrogens with two attached hydrogens (primary N) is 1. The lowest BCUT2D eigenvalue weighted by Gasteiger charge is -1.98. The monoisotopic (exact) mass is 244 g/mol. The molecule has 0 saturated heterocycles. The van der Waals surface area contributed by atoms with Gasteiger partial charge in [-0.25, -0.2) is 4.98 Å². The summed E-state index contributed by atoms with van der Waals surface area (Å²) in [5.74, 6) is 1.36.